The Morgan fingerprint density at radius 2 is 1.68 bits per heavy atom. The Morgan fingerprint density at radius 1 is 0.935 bits per heavy atom. The molecule has 31 heavy (non-hydrogen) atoms. The largest absolute Gasteiger partial charge is 0.396 e. The Balaban J connectivity index is 1.63. The van der Waals surface area contributed by atoms with E-state index < -0.39 is 0 Å². The minimum Gasteiger partial charge on any atom is -0.396 e. The summed E-state index contributed by atoms with van der Waals surface area (Å²) in [5, 5.41) is 11.1. The van der Waals surface area contributed by atoms with E-state index in [1.54, 1.807) is 5.57 Å². The first kappa shape index (κ1) is 23.8. The number of aliphatic hydroxyl groups is 1. The first-order valence-electron chi connectivity index (χ1n) is 13.8. The highest BCUT2D eigenvalue weighted by molar-refractivity contribution is 5.22. The average Bonchev–Trinajstić information content (AvgIpc) is 3.00. The van der Waals surface area contributed by atoms with Crippen molar-refractivity contribution in [2.24, 2.45) is 51.2 Å². The lowest BCUT2D eigenvalue weighted by molar-refractivity contribution is -0.191. The van der Waals surface area contributed by atoms with E-state index >= 15 is 0 Å². The van der Waals surface area contributed by atoms with Crippen LogP contribution in [0, 0.1) is 51.2 Å². The van der Waals surface area contributed by atoms with Gasteiger partial charge in [-0.05, 0) is 117 Å². The molecule has 4 aliphatic rings. The Kier molecular flexibility index (Phi) is 6.29. The molecule has 0 amide bonds. The second-order valence-corrected chi connectivity index (χ2v) is 14.0. The van der Waals surface area contributed by atoms with E-state index in [-0.39, 0.29) is 10.8 Å². The van der Waals surface area contributed by atoms with Crippen LogP contribution in [0.3, 0.4) is 0 Å². The first-order chi connectivity index (χ1) is 14.5. The smallest absolute Gasteiger partial charge is 0.0495 e. The Bertz CT molecular complexity index is 689. The van der Waals surface area contributed by atoms with Crippen LogP contribution in [0.5, 0.6) is 0 Å². The lowest BCUT2D eigenvalue weighted by atomic mass is 9.38. The monoisotopic (exact) mass is 428 g/mol. The van der Waals surface area contributed by atoms with Gasteiger partial charge in [-0.15, -0.1) is 0 Å². The molecule has 4 aliphatic carbocycles. The van der Waals surface area contributed by atoms with Crippen LogP contribution in [-0.4, -0.2) is 11.7 Å². The zero-order valence-corrected chi connectivity index (χ0v) is 21.9. The van der Waals surface area contributed by atoms with E-state index in [2.05, 4.69) is 54.5 Å². The molecule has 0 spiro atoms. The molecule has 4 rings (SSSR count). The van der Waals surface area contributed by atoms with Gasteiger partial charge in [-0.3, -0.25) is 0 Å². The normalized spacial score (nSPS) is 47.1. The highest BCUT2D eigenvalue weighted by atomic mass is 16.3. The van der Waals surface area contributed by atoms with Crippen molar-refractivity contribution in [1.82, 2.24) is 0 Å². The highest BCUT2D eigenvalue weighted by Crippen LogP contribution is 2.74. The molecule has 1 heteroatoms. The number of hydrogen-bond acceptors (Lipinski definition) is 1. The van der Waals surface area contributed by atoms with Gasteiger partial charge < -0.3 is 5.11 Å². The minimum absolute atomic E-state index is 0.156. The summed E-state index contributed by atoms with van der Waals surface area (Å²) in [6.07, 6.45) is 17.4. The predicted molar refractivity (Wildman–Crippen MR) is 133 cm³/mol. The fourth-order valence-electron chi connectivity index (χ4n) is 10.3. The van der Waals surface area contributed by atoms with Crippen molar-refractivity contribution in [3.8, 4) is 0 Å². The van der Waals surface area contributed by atoms with Crippen molar-refractivity contribution in [2.45, 2.75) is 119 Å². The molecule has 0 unspecified atom stereocenters. The number of fused-ring (bicyclic) bond motifs is 5. The van der Waals surface area contributed by atoms with Crippen molar-refractivity contribution < 1.29 is 5.11 Å². The third-order valence-electron chi connectivity index (χ3n) is 11.9. The van der Waals surface area contributed by atoms with Crippen molar-refractivity contribution in [3.05, 3.63) is 11.6 Å². The topological polar surface area (TPSA) is 20.2 Å². The fraction of sp³-hybridized carbons (Fsp3) is 0.933. The summed E-state index contributed by atoms with van der Waals surface area (Å²) in [4.78, 5) is 0. The van der Waals surface area contributed by atoms with Gasteiger partial charge in [-0.25, -0.2) is 0 Å². The van der Waals surface area contributed by atoms with Gasteiger partial charge >= 0.3 is 0 Å². The SMILES string of the molecule is C/C(=C/CCC(C)C)[C@H]1CC[C@@]2(CO)[C@@H]3CC[C@H]4C(C)(C)CCC[C@]4(C)[C@H]3CC[C@]12C. The lowest BCUT2D eigenvalue weighted by Gasteiger charge is -2.67. The molecule has 178 valence electrons. The molecular formula is C30H52O. The minimum atomic E-state index is 0.156. The van der Waals surface area contributed by atoms with Gasteiger partial charge in [-0.2, -0.15) is 0 Å². The number of allylic oxidation sites excluding steroid dienone is 2. The van der Waals surface area contributed by atoms with Gasteiger partial charge in [0.25, 0.3) is 0 Å². The summed E-state index contributed by atoms with van der Waals surface area (Å²) in [5.74, 6) is 3.91. The Labute approximate surface area is 193 Å². The standard InChI is InChI=1S/C30H52O/c1-21(2)10-8-11-22(3)23-15-19-30(20-31)25-12-13-26-27(4,5)16-9-17-28(26,6)24(25)14-18-29(23,30)7/h11,21,23-26,31H,8-10,12-20H2,1-7H3/b22-11-/t23-,24+,25-,26+,28-,29-,30-/m1/s1. The van der Waals surface area contributed by atoms with E-state index in [4.69, 9.17) is 0 Å². The molecule has 0 aliphatic heterocycles. The Morgan fingerprint density at radius 3 is 2.35 bits per heavy atom. The van der Waals surface area contributed by atoms with Gasteiger partial charge in [0, 0.05) is 12.0 Å². The van der Waals surface area contributed by atoms with E-state index in [1.165, 1.54) is 70.6 Å². The number of rotatable bonds is 5. The molecule has 4 saturated carbocycles. The summed E-state index contributed by atoms with van der Waals surface area (Å²) in [6, 6.07) is 0. The zero-order chi connectivity index (χ0) is 22.7. The molecular weight excluding hydrogens is 376 g/mol. The molecule has 0 aromatic rings. The van der Waals surface area contributed by atoms with Crippen LogP contribution in [0.4, 0.5) is 0 Å². The van der Waals surface area contributed by atoms with Crippen molar-refractivity contribution in [3.63, 3.8) is 0 Å². The highest BCUT2D eigenvalue weighted by Gasteiger charge is 2.68. The average molecular weight is 429 g/mol. The molecule has 0 aromatic carbocycles. The van der Waals surface area contributed by atoms with Crippen molar-refractivity contribution >= 4 is 0 Å². The fourth-order valence-corrected chi connectivity index (χ4v) is 10.3. The number of hydrogen-bond donors (Lipinski definition) is 1. The van der Waals surface area contributed by atoms with E-state index in [0.717, 1.165) is 23.7 Å². The van der Waals surface area contributed by atoms with Gasteiger partial charge in [0.15, 0.2) is 0 Å². The maximum atomic E-state index is 11.1. The molecule has 4 fully saturated rings. The summed E-state index contributed by atoms with van der Waals surface area (Å²) in [5.41, 5.74) is 3.07. The quantitative estimate of drug-likeness (QED) is 0.436. The van der Waals surface area contributed by atoms with Crippen LogP contribution in [0.15, 0.2) is 11.6 Å². The van der Waals surface area contributed by atoms with Crippen molar-refractivity contribution in [1.29, 1.82) is 0 Å². The predicted octanol–water partition coefficient (Wildman–Crippen LogP) is 8.42. The first-order valence-corrected chi connectivity index (χ1v) is 13.8. The molecule has 0 radical (unpaired) electrons. The molecule has 1 nitrogen and oxygen atoms in total. The van der Waals surface area contributed by atoms with Crippen LogP contribution in [0.25, 0.3) is 0 Å². The van der Waals surface area contributed by atoms with Crippen LogP contribution in [0.2, 0.25) is 0 Å². The van der Waals surface area contributed by atoms with Crippen LogP contribution < -0.4 is 0 Å². The van der Waals surface area contributed by atoms with Crippen LogP contribution >= 0.6 is 0 Å². The van der Waals surface area contributed by atoms with E-state index in [9.17, 15) is 5.11 Å². The van der Waals surface area contributed by atoms with Gasteiger partial charge in [0.2, 0.25) is 0 Å². The van der Waals surface area contributed by atoms with E-state index in [0.29, 0.717) is 23.4 Å². The third kappa shape index (κ3) is 3.50. The molecule has 0 saturated heterocycles. The van der Waals surface area contributed by atoms with Crippen LogP contribution in [0.1, 0.15) is 119 Å². The second kappa shape index (κ2) is 8.18. The number of aliphatic hydroxyl groups excluding tert-OH is 1. The third-order valence-corrected chi connectivity index (χ3v) is 11.9. The lowest BCUT2D eigenvalue weighted by Crippen LogP contribution is -2.61. The summed E-state index contributed by atoms with van der Waals surface area (Å²) < 4.78 is 0. The van der Waals surface area contributed by atoms with Crippen LogP contribution in [-0.2, 0) is 0 Å². The maximum Gasteiger partial charge on any atom is 0.0495 e. The summed E-state index contributed by atoms with van der Waals surface area (Å²) in [7, 11) is 0. The second-order valence-electron chi connectivity index (χ2n) is 14.0. The van der Waals surface area contributed by atoms with Gasteiger partial charge in [-0.1, -0.05) is 59.6 Å². The zero-order valence-electron chi connectivity index (χ0n) is 21.9. The van der Waals surface area contributed by atoms with E-state index in [1.807, 2.05) is 0 Å². The summed E-state index contributed by atoms with van der Waals surface area (Å²) in [6.45, 7) is 17.9. The molecule has 0 aromatic heterocycles. The van der Waals surface area contributed by atoms with Gasteiger partial charge in [0.05, 0.1) is 0 Å². The van der Waals surface area contributed by atoms with Crippen molar-refractivity contribution in [2.75, 3.05) is 6.61 Å². The maximum absolute atomic E-state index is 11.1. The molecule has 7 atom stereocenters. The molecule has 0 bridgehead atoms. The molecule has 1 N–H and O–H groups in total. The summed E-state index contributed by atoms with van der Waals surface area (Å²) >= 11 is 0. The van der Waals surface area contributed by atoms with Gasteiger partial charge in [0.1, 0.15) is 0 Å². The Hall–Kier alpha value is -0.300. The molecule has 0 heterocycles.